The molecular formula is C21H25N3O3. The summed E-state index contributed by atoms with van der Waals surface area (Å²) in [5.74, 6) is -0.890. The Morgan fingerprint density at radius 2 is 1.93 bits per heavy atom. The van der Waals surface area contributed by atoms with E-state index in [1.54, 1.807) is 6.20 Å². The maximum Gasteiger partial charge on any atom is 0.307 e. The molecule has 1 N–H and O–H groups in total. The molecule has 0 radical (unpaired) electrons. The van der Waals surface area contributed by atoms with Gasteiger partial charge >= 0.3 is 5.97 Å². The Labute approximate surface area is 158 Å². The van der Waals surface area contributed by atoms with E-state index in [0.29, 0.717) is 18.7 Å². The van der Waals surface area contributed by atoms with Gasteiger partial charge in [0.05, 0.1) is 29.1 Å². The summed E-state index contributed by atoms with van der Waals surface area (Å²) in [6.07, 6.45) is 5.73. The maximum atomic E-state index is 13.1. The minimum atomic E-state index is -0.691. The lowest BCUT2D eigenvalue weighted by molar-refractivity contribution is -0.139. The zero-order chi connectivity index (χ0) is 19.0. The number of amides is 1. The number of carbonyl (C=O) groups excluding carboxylic acids is 1. The summed E-state index contributed by atoms with van der Waals surface area (Å²) < 4.78 is 1.86. The van der Waals surface area contributed by atoms with Crippen LogP contribution < -0.4 is 0 Å². The van der Waals surface area contributed by atoms with Gasteiger partial charge in [0.25, 0.3) is 5.91 Å². The van der Waals surface area contributed by atoms with Crippen molar-refractivity contribution >= 4 is 11.9 Å². The van der Waals surface area contributed by atoms with Crippen molar-refractivity contribution in [1.29, 1.82) is 0 Å². The van der Waals surface area contributed by atoms with Crippen LogP contribution in [-0.4, -0.2) is 44.8 Å². The quantitative estimate of drug-likeness (QED) is 0.881. The molecule has 1 saturated heterocycles. The van der Waals surface area contributed by atoms with E-state index in [1.807, 2.05) is 39.9 Å². The largest absolute Gasteiger partial charge is 0.481 e. The van der Waals surface area contributed by atoms with E-state index in [4.69, 9.17) is 0 Å². The number of carboxylic acids is 1. The molecule has 142 valence electrons. The van der Waals surface area contributed by atoms with Crippen LogP contribution in [0.2, 0.25) is 0 Å². The number of hydrogen-bond donors (Lipinski definition) is 1. The standard InChI is InChI=1S/C21H25N3O3/c1-2-6-18-16(14-22-24(18)15-7-4-3-5-8-15)19(25)23-11-9-21(10-12-23)13-17(21)20(26)27/h3-5,7-8,14,17H,2,6,9-13H2,1H3,(H,26,27). The Balaban J connectivity index is 1.53. The number of para-hydroxylation sites is 1. The highest BCUT2D eigenvalue weighted by Gasteiger charge is 2.59. The van der Waals surface area contributed by atoms with Gasteiger partial charge in [0.1, 0.15) is 0 Å². The van der Waals surface area contributed by atoms with Crippen molar-refractivity contribution in [3.8, 4) is 5.69 Å². The highest BCUT2D eigenvalue weighted by Crippen LogP contribution is 2.59. The molecule has 1 aromatic heterocycles. The lowest BCUT2D eigenvalue weighted by Gasteiger charge is -2.32. The molecule has 27 heavy (non-hydrogen) atoms. The number of carbonyl (C=O) groups is 2. The summed E-state index contributed by atoms with van der Waals surface area (Å²) in [6, 6.07) is 9.87. The lowest BCUT2D eigenvalue weighted by atomic mass is 9.90. The molecule has 2 aromatic rings. The number of rotatable bonds is 5. The molecule has 2 aliphatic rings. The van der Waals surface area contributed by atoms with E-state index in [2.05, 4.69) is 12.0 Å². The zero-order valence-electron chi connectivity index (χ0n) is 15.6. The van der Waals surface area contributed by atoms with E-state index < -0.39 is 5.97 Å². The Kier molecular flexibility index (Phi) is 4.50. The average molecular weight is 367 g/mol. The first kappa shape index (κ1) is 17.8. The molecule has 1 saturated carbocycles. The molecule has 0 bridgehead atoms. The summed E-state index contributed by atoms with van der Waals surface area (Å²) in [5.41, 5.74) is 2.51. The molecule has 6 heteroatoms. The second-order valence-corrected chi connectivity index (χ2v) is 7.75. The van der Waals surface area contributed by atoms with Crippen LogP contribution in [0.15, 0.2) is 36.5 Å². The third-order valence-corrected chi connectivity index (χ3v) is 6.12. The predicted octanol–water partition coefficient (Wildman–Crippen LogP) is 3.15. The Bertz CT molecular complexity index is 851. The van der Waals surface area contributed by atoms with Crippen molar-refractivity contribution in [2.24, 2.45) is 11.3 Å². The van der Waals surface area contributed by atoms with Crippen LogP contribution in [0.3, 0.4) is 0 Å². The van der Waals surface area contributed by atoms with Crippen molar-refractivity contribution in [3.63, 3.8) is 0 Å². The highest BCUT2D eigenvalue weighted by atomic mass is 16.4. The van der Waals surface area contributed by atoms with Gasteiger partial charge in [-0.2, -0.15) is 5.10 Å². The monoisotopic (exact) mass is 367 g/mol. The van der Waals surface area contributed by atoms with Crippen LogP contribution in [0, 0.1) is 11.3 Å². The minimum absolute atomic E-state index is 0.0167. The van der Waals surface area contributed by atoms with Gasteiger partial charge in [-0.15, -0.1) is 0 Å². The topological polar surface area (TPSA) is 75.4 Å². The number of hydrogen-bond acceptors (Lipinski definition) is 3. The fourth-order valence-corrected chi connectivity index (χ4v) is 4.40. The number of piperidine rings is 1. The molecule has 4 rings (SSSR count). The van der Waals surface area contributed by atoms with Gasteiger partial charge in [0, 0.05) is 13.1 Å². The smallest absolute Gasteiger partial charge is 0.307 e. The second-order valence-electron chi connectivity index (χ2n) is 7.75. The van der Waals surface area contributed by atoms with Crippen molar-refractivity contribution in [1.82, 2.24) is 14.7 Å². The maximum absolute atomic E-state index is 13.1. The van der Waals surface area contributed by atoms with Gasteiger partial charge in [-0.25, -0.2) is 4.68 Å². The summed E-state index contributed by atoms with van der Waals surface area (Å²) in [6.45, 7) is 3.36. The number of aromatic nitrogens is 2. The first-order valence-electron chi connectivity index (χ1n) is 9.70. The highest BCUT2D eigenvalue weighted by molar-refractivity contribution is 5.95. The molecule has 1 amide bonds. The fourth-order valence-electron chi connectivity index (χ4n) is 4.40. The first-order valence-corrected chi connectivity index (χ1v) is 9.70. The van der Waals surface area contributed by atoms with E-state index in [9.17, 15) is 14.7 Å². The van der Waals surface area contributed by atoms with E-state index in [0.717, 1.165) is 43.5 Å². The summed E-state index contributed by atoms with van der Waals surface area (Å²) in [7, 11) is 0. The van der Waals surface area contributed by atoms with E-state index in [-0.39, 0.29) is 17.2 Å². The first-order chi connectivity index (χ1) is 13.1. The number of aliphatic carboxylic acids is 1. The number of benzene rings is 1. The van der Waals surface area contributed by atoms with Crippen LogP contribution >= 0.6 is 0 Å². The predicted molar refractivity (Wildman–Crippen MR) is 101 cm³/mol. The SMILES string of the molecule is CCCc1c(C(=O)N2CCC3(CC2)CC3C(=O)O)cnn1-c1ccccc1. The molecule has 2 fully saturated rings. The number of nitrogens with zero attached hydrogens (tertiary/aromatic N) is 3. The van der Waals surface area contributed by atoms with Crippen molar-refractivity contribution in [3.05, 3.63) is 47.8 Å². The third-order valence-electron chi connectivity index (χ3n) is 6.12. The summed E-state index contributed by atoms with van der Waals surface area (Å²) >= 11 is 0. The van der Waals surface area contributed by atoms with Gasteiger partial charge in [-0.1, -0.05) is 31.5 Å². The molecule has 1 aromatic carbocycles. The summed E-state index contributed by atoms with van der Waals surface area (Å²) in [4.78, 5) is 26.2. The second kappa shape index (κ2) is 6.83. The molecule has 2 heterocycles. The molecule has 6 nitrogen and oxygen atoms in total. The van der Waals surface area contributed by atoms with Gasteiger partial charge in [-0.05, 0) is 43.2 Å². The van der Waals surface area contributed by atoms with E-state index in [1.165, 1.54) is 0 Å². The Morgan fingerprint density at radius 3 is 2.52 bits per heavy atom. The van der Waals surface area contributed by atoms with Gasteiger partial charge in [0.2, 0.25) is 0 Å². The Hall–Kier alpha value is -2.63. The molecule has 1 spiro atoms. The number of carboxylic acid groups (broad SMARTS) is 1. The van der Waals surface area contributed by atoms with Gasteiger partial charge in [-0.3, -0.25) is 9.59 Å². The zero-order valence-corrected chi connectivity index (χ0v) is 15.6. The van der Waals surface area contributed by atoms with Crippen molar-refractivity contribution in [2.45, 2.75) is 39.0 Å². The van der Waals surface area contributed by atoms with Crippen LogP contribution in [0.1, 0.15) is 48.7 Å². The van der Waals surface area contributed by atoms with Crippen LogP contribution in [0.5, 0.6) is 0 Å². The van der Waals surface area contributed by atoms with Gasteiger partial charge in [0.15, 0.2) is 0 Å². The lowest BCUT2D eigenvalue weighted by Crippen LogP contribution is -2.40. The normalized spacial score (nSPS) is 20.6. The van der Waals surface area contributed by atoms with Gasteiger partial charge < -0.3 is 10.0 Å². The third kappa shape index (κ3) is 3.13. The molecule has 1 atom stereocenters. The van der Waals surface area contributed by atoms with Crippen LogP contribution in [0.25, 0.3) is 5.69 Å². The minimum Gasteiger partial charge on any atom is -0.481 e. The fraction of sp³-hybridized carbons (Fsp3) is 0.476. The molecular weight excluding hydrogens is 342 g/mol. The molecule has 1 unspecified atom stereocenters. The van der Waals surface area contributed by atoms with Crippen molar-refractivity contribution < 1.29 is 14.7 Å². The average Bonchev–Trinajstić information content (AvgIpc) is 3.23. The van der Waals surface area contributed by atoms with Crippen LogP contribution in [0.4, 0.5) is 0 Å². The Morgan fingerprint density at radius 1 is 1.22 bits per heavy atom. The van der Waals surface area contributed by atoms with E-state index >= 15 is 0 Å². The summed E-state index contributed by atoms with van der Waals surface area (Å²) in [5, 5.41) is 13.7. The number of likely N-dealkylation sites (tertiary alicyclic amines) is 1. The van der Waals surface area contributed by atoms with Crippen molar-refractivity contribution in [2.75, 3.05) is 13.1 Å². The molecule has 1 aliphatic heterocycles. The van der Waals surface area contributed by atoms with Crippen LogP contribution in [-0.2, 0) is 11.2 Å². The molecule has 1 aliphatic carbocycles.